The molecule has 0 saturated carbocycles. The van der Waals surface area contributed by atoms with Gasteiger partial charge in [0.2, 0.25) is 0 Å². The van der Waals surface area contributed by atoms with Gasteiger partial charge < -0.3 is 20.1 Å². The summed E-state index contributed by atoms with van der Waals surface area (Å²) in [6, 6.07) is 11.6. The van der Waals surface area contributed by atoms with Gasteiger partial charge in [-0.05, 0) is 36.4 Å². The van der Waals surface area contributed by atoms with E-state index in [-0.39, 0.29) is 0 Å². The largest absolute Gasteiger partial charge is 0.497 e. The van der Waals surface area contributed by atoms with Crippen molar-refractivity contribution in [1.29, 1.82) is 0 Å². The highest BCUT2D eigenvalue weighted by atomic mass is 19.4. The molecule has 0 unspecified atom stereocenters. The van der Waals surface area contributed by atoms with Crippen molar-refractivity contribution < 1.29 is 22.6 Å². The Labute approximate surface area is 159 Å². The van der Waals surface area contributed by atoms with E-state index < -0.39 is 11.7 Å². The summed E-state index contributed by atoms with van der Waals surface area (Å²) >= 11 is 0. The molecule has 0 bridgehead atoms. The van der Waals surface area contributed by atoms with Gasteiger partial charge in [-0.1, -0.05) is 0 Å². The number of rotatable bonds is 6. The Morgan fingerprint density at radius 3 is 2.11 bits per heavy atom. The van der Waals surface area contributed by atoms with Crippen molar-refractivity contribution in [2.45, 2.75) is 6.18 Å². The van der Waals surface area contributed by atoms with E-state index in [0.29, 0.717) is 34.5 Å². The molecule has 0 amide bonds. The van der Waals surface area contributed by atoms with Crippen LogP contribution in [0.3, 0.4) is 0 Å². The molecule has 2 N–H and O–H groups in total. The molecule has 1 aromatic heterocycles. The highest BCUT2D eigenvalue weighted by molar-refractivity contribution is 5.68. The van der Waals surface area contributed by atoms with Gasteiger partial charge in [0.25, 0.3) is 0 Å². The first-order chi connectivity index (χ1) is 13.4. The van der Waals surface area contributed by atoms with Gasteiger partial charge in [-0.2, -0.15) is 13.2 Å². The molecule has 9 heteroatoms. The molecule has 0 aliphatic carbocycles. The van der Waals surface area contributed by atoms with Crippen molar-refractivity contribution in [3.8, 4) is 11.5 Å². The van der Waals surface area contributed by atoms with Crippen molar-refractivity contribution in [1.82, 2.24) is 9.97 Å². The van der Waals surface area contributed by atoms with Gasteiger partial charge in [0.1, 0.15) is 29.5 Å². The molecular weight excluding hydrogens is 373 g/mol. The van der Waals surface area contributed by atoms with Gasteiger partial charge in [-0.3, -0.25) is 0 Å². The molecule has 0 radical (unpaired) electrons. The zero-order chi connectivity index (χ0) is 20.1. The molecule has 3 aromatic rings. The summed E-state index contributed by atoms with van der Waals surface area (Å²) in [5, 5.41) is 6.06. The number of aromatic nitrogens is 2. The Morgan fingerprint density at radius 2 is 1.50 bits per heavy atom. The Bertz CT molecular complexity index is 947. The molecule has 0 fully saturated rings. The normalized spacial score (nSPS) is 11.0. The predicted molar refractivity (Wildman–Crippen MR) is 99.6 cm³/mol. The molecule has 6 nitrogen and oxygen atoms in total. The lowest BCUT2D eigenvalue weighted by atomic mass is 10.2. The number of alkyl halides is 3. The monoisotopic (exact) mass is 390 g/mol. The molecular formula is C19H17F3N4O2. The summed E-state index contributed by atoms with van der Waals surface area (Å²) in [5.74, 6) is 2.11. The van der Waals surface area contributed by atoms with Crippen LogP contribution >= 0.6 is 0 Å². The van der Waals surface area contributed by atoms with E-state index in [0.717, 1.165) is 12.1 Å². The number of nitrogens with zero attached hydrogens (tertiary/aromatic N) is 2. The number of hydrogen-bond donors (Lipinski definition) is 2. The van der Waals surface area contributed by atoms with Crippen LogP contribution in [0.25, 0.3) is 0 Å². The van der Waals surface area contributed by atoms with E-state index >= 15 is 0 Å². The minimum atomic E-state index is -4.37. The molecule has 0 saturated heterocycles. The molecule has 3 rings (SSSR count). The topological polar surface area (TPSA) is 68.3 Å². The first-order valence-electron chi connectivity index (χ1n) is 8.14. The minimum absolute atomic E-state index is 0.421. The van der Waals surface area contributed by atoms with Gasteiger partial charge in [-0.25, -0.2) is 9.97 Å². The van der Waals surface area contributed by atoms with Crippen LogP contribution in [0.15, 0.2) is 54.9 Å². The zero-order valence-corrected chi connectivity index (χ0v) is 15.0. The van der Waals surface area contributed by atoms with Crippen LogP contribution in [0.5, 0.6) is 11.5 Å². The summed E-state index contributed by atoms with van der Waals surface area (Å²) in [6.45, 7) is 0. The van der Waals surface area contributed by atoms with Crippen molar-refractivity contribution >= 4 is 23.0 Å². The standard InChI is InChI=1S/C19H17F3N4O2/c1-27-14-7-8-15(16(9-14)28-2)26-18-10-17(23-11-24-18)25-13-5-3-12(4-6-13)19(20,21)22/h3-11H,1-2H3,(H2,23,24,25,26). The summed E-state index contributed by atoms with van der Waals surface area (Å²) in [7, 11) is 3.10. The SMILES string of the molecule is COc1ccc(Nc2cc(Nc3ccc(C(F)(F)F)cc3)ncn2)c(OC)c1. The van der Waals surface area contributed by atoms with Gasteiger partial charge >= 0.3 is 6.18 Å². The van der Waals surface area contributed by atoms with Crippen molar-refractivity contribution in [2.24, 2.45) is 0 Å². The van der Waals surface area contributed by atoms with Crippen LogP contribution in [-0.2, 0) is 6.18 Å². The summed E-state index contributed by atoms with van der Waals surface area (Å²) in [5.41, 5.74) is 0.428. The Hall–Kier alpha value is -3.49. The van der Waals surface area contributed by atoms with E-state index in [9.17, 15) is 13.2 Å². The molecule has 0 aliphatic heterocycles. The zero-order valence-electron chi connectivity index (χ0n) is 15.0. The molecule has 2 aromatic carbocycles. The number of halogens is 3. The quantitative estimate of drug-likeness (QED) is 0.617. The number of nitrogens with one attached hydrogen (secondary N) is 2. The molecule has 0 atom stereocenters. The average molecular weight is 390 g/mol. The average Bonchev–Trinajstić information content (AvgIpc) is 2.68. The smallest absolute Gasteiger partial charge is 0.416 e. The van der Waals surface area contributed by atoms with Crippen molar-refractivity contribution in [3.63, 3.8) is 0 Å². The fourth-order valence-electron chi connectivity index (χ4n) is 2.42. The Morgan fingerprint density at radius 1 is 0.821 bits per heavy atom. The fraction of sp³-hybridized carbons (Fsp3) is 0.158. The van der Waals surface area contributed by atoms with Crippen LogP contribution in [0.1, 0.15) is 5.56 Å². The number of benzene rings is 2. The van der Waals surface area contributed by atoms with Crippen molar-refractivity contribution in [2.75, 3.05) is 24.9 Å². The lowest BCUT2D eigenvalue weighted by molar-refractivity contribution is -0.137. The maximum atomic E-state index is 12.6. The highest BCUT2D eigenvalue weighted by Crippen LogP contribution is 2.32. The molecule has 1 heterocycles. The Balaban J connectivity index is 1.76. The summed E-state index contributed by atoms with van der Waals surface area (Å²) < 4.78 is 48.4. The molecule has 28 heavy (non-hydrogen) atoms. The first-order valence-corrected chi connectivity index (χ1v) is 8.14. The third-order valence-corrected chi connectivity index (χ3v) is 3.82. The van der Waals surface area contributed by atoms with Gasteiger partial charge in [-0.15, -0.1) is 0 Å². The van der Waals surface area contributed by atoms with Crippen LogP contribution in [0.4, 0.5) is 36.2 Å². The van der Waals surface area contributed by atoms with Crippen molar-refractivity contribution in [3.05, 3.63) is 60.4 Å². The van der Waals surface area contributed by atoms with E-state index in [1.165, 1.54) is 25.6 Å². The van der Waals surface area contributed by atoms with Crippen LogP contribution in [-0.4, -0.2) is 24.2 Å². The van der Waals surface area contributed by atoms with Crippen LogP contribution in [0, 0.1) is 0 Å². The lowest BCUT2D eigenvalue weighted by Gasteiger charge is -2.13. The first kappa shape index (κ1) is 19.3. The number of hydrogen-bond acceptors (Lipinski definition) is 6. The summed E-state index contributed by atoms with van der Waals surface area (Å²) in [6.07, 6.45) is -3.04. The second kappa shape index (κ2) is 8.03. The van der Waals surface area contributed by atoms with E-state index in [4.69, 9.17) is 9.47 Å². The second-order valence-corrected chi connectivity index (χ2v) is 5.68. The molecule has 146 valence electrons. The highest BCUT2D eigenvalue weighted by Gasteiger charge is 2.29. The summed E-state index contributed by atoms with van der Waals surface area (Å²) in [4.78, 5) is 8.22. The van der Waals surface area contributed by atoms with Gasteiger partial charge in [0.05, 0.1) is 25.5 Å². The maximum Gasteiger partial charge on any atom is 0.416 e. The minimum Gasteiger partial charge on any atom is -0.497 e. The maximum absolute atomic E-state index is 12.6. The van der Waals surface area contributed by atoms with E-state index in [1.807, 2.05) is 0 Å². The van der Waals surface area contributed by atoms with Crippen LogP contribution in [0.2, 0.25) is 0 Å². The second-order valence-electron chi connectivity index (χ2n) is 5.68. The number of ether oxygens (including phenoxy) is 2. The molecule has 0 spiro atoms. The van der Waals surface area contributed by atoms with Gasteiger partial charge in [0.15, 0.2) is 0 Å². The van der Waals surface area contributed by atoms with Gasteiger partial charge in [0, 0.05) is 17.8 Å². The lowest BCUT2D eigenvalue weighted by Crippen LogP contribution is -2.04. The third-order valence-electron chi connectivity index (χ3n) is 3.82. The third kappa shape index (κ3) is 4.61. The van der Waals surface area contributed by atoms with E-state index in [1.54, 1.807) is 31.4 Å². The van der Waals surface area contributed by atoms with E-state index in [2.05, 4.69) is 20.6 Å². The number of anilines is 4. The van der Waals surface area contributed by atoms with Crippen LogP contribution < -0.4 is 20.1 Å². The molecule has 0 aliphatic rings. The number of methoxy groups -OCH3 is 2. The Kier molecular flexibility index (Phi) is 5.53. The fourth-order valence-corrected chi connectivity index (χ4v) is 2.42. The predicted octanol–water partition coefficient (Wildman–Crippen LogP) is 5.00.